The Hall–Kier alpha value is -3.42. The second-order valence-corrected chi connectivity index (χ2v) is 5.19. The maximum Gasteiger partial charge on any atom is 0.437 e. The Morgan fingerprint density at radius 2 is 2.00 bits per heavy atom. The summed E-state index contributed by atoms with van der Waals surface area (Å²) in [4.78, 5) is 16.1. The summed E-state index contributed by atoms with van der Waals surface area (Å²) in [5, 5.41) is 7.98. The van der Waals surface area contributed by atoms with E-state index in [1.54, 1.807) is 12.1 Å². The molecule has 0 bridgehead atoms. The Balaban J connectivity index is 1.58. The molecule has 24 heavy (non-hydrogen) atoms. The molecule has 0 spiro atoms. The molecule has 0 fully saturated rings. The molecule has 1 aromatic carbocycles. The Labute approximate surface area is 135 Å². The lowest BCUT2D eigenvalue weighted by Gasteiger charge is -1.94. The van der Waals surface area contributed by atoms with Crippen molar-refractivity contribution in [2.24, 2.45) is 0 Å². The van der Waals surface area contributed by atoms with Crippen LogP contribution in [0.3, 0.4) is 0 Å². The molecule has 0 N–H and O–H groups in total. The summed E-state index contributed by atoms with van der Waals surface area (Å²) in [7, 11) is 0. The molecule has 0 aliphatic carbocycles. The molecule has 120 valence electrons. The molecule has 0 amide bonds. The molecule has 8 nitrogen and oxygen atoms in total. The first-order valence-corrected chi connectivity index (χ1v) is 7.20. The molecule has 0 aliphatic heterocycles. The van der Waals surface area contributed by atoms with Crippen molar-refractivity contribution in [1.82, 2.24) is 19.9 Å². The van der Waals surface area contributed by atoms with Gasteiger partial charge in [-0.15, -0.1) is 5.10 Å². The average Bonchev–Trinajstić information content (AvgIpc) is 3.31. The van der Waals surface area contributed by atoms with Gasteiger partial charge in [-0.3, -0.25) is 0 Å². The van der Waals surface area contributed by atoms with Gasteiger partial charge in [0.2, 0.25) is 11.7 Å². The Kier molecular flexibility index (Phi) is 3.34. The largest absolute Gasteiger partial charge is 0.459 e. The number of hydrogen-bond acceptors (Lipinski definition) is 7. The molecule has 3 heterocycles. The third-order valence-electron chi connectivity index (χ3n) is 3.40. The second-order valence-electron chi connectivity index (χ2n) is 5.19. The van der Waals surface area contributed by atoms with Gasteiger partial charge < -0.3 is 13.4 Å². The van der Waals surface area contributed by atoms with Crippen molar-refractivity contribution >= 4 is 0 Å². The Morgan fingerprint density at radius 3 is 2.75 bits per heavy atom. The highest BCUT2D eigenvalue weighted by Crippen LogP contribution is 2.17. The van der Waals surface area contributed by atoms with Crippen molar-refractivity contribution in [1.29, 1.82) is 0 Å². The van der Waals surface area contributed by atoms with Crippen LogP contribution in [0, 0.1) is 6.92 Å². The number of aryl methyl sites for hydroxylation is 1. The van der Waals surface area contributed by atoms with Gasteiger partial charge >= 0.3 is 5.76 Å². The van der Waals surface area contributed by atoms with Crippen LogP contribution < -0.4 is 5.76 Å². The molecule has 8 heteroatoms. The highest BCUT2D eigenvalue weighted by atomic mass is 16.5. The second kappa shape index (κ2) is 5.65. The third kappa shape index (κ3) is 2.65. The van der Waals surface area contributed by atoms with Gasteiger partial charge in [-0.2, -0.15) is 9.67 Å². The van der Waals surface area contributed by atoms with Gasteiger partial charge in [-0.1, -0.05) is 35.0 Å². The number of nitrogens with zero attached hydrogens (tertiary/aromatic N) is 4. The summed E-state index contributed by atoms with van der Waals surface area (Å²) in [6.07, 6.45) is 1.47. The van der Waals surface area contributed by atoms with Crippen molar-refractivity contribution < 1.29 is 13.4 Å². The first-order valence-electron chi connectivity index (χ1n) is 7.20. The highest BCUT2D eigenvalue weighted by molar-refractivity contribution is 5.54. The molecule has 0 saturated carbocycles. The van der Waals surface area contributed by atoms with E-state index in [0.29, 0.717) is 11.6 Å². The molecule has 4 rings (SSSR count). The van der Waals surface area contributed by atoms with Gasteiger partial charge in [-0.05, 0) is 19.1 Å². The lowest BCUT2D eigenvalue weighted by Crippen LogP contribution is -2.16. The number of rotatable bonds is 4. The van der Waals surface area contributed by atoms with Gasteiger partial charge in [0.25, 0.3) is 5.89 Å². The van der Waals surface area contributed by atoms with Crippen LogP contribution in [0.15, 0.2) is 60.8 Å². The maximum absolute atomic E-state index is 11.9. The van der Waals surface area contributed by atoms with E-state index in [1.165, 1.54) is 6.26 Å². The highest BCUT2D eigenvalue weighted by Gasteiger charge is 2.16. The van der Waals surface area contributed by atoms with E-state index in [4.69, 9.17) is 13.4 Å². The van der Waals surface area contributed by atoms with Crippen LogP contribution in [-0.2, 0) is 6.54 Å². The van der Waals surface area contributed by atoms with Crippen molar-refractivity contribution in [2.45, 2.75) is 13.5 Å². The molecular weight excluding hydrogens is 312 g/mol. The van der Waals surface area contributed by atoms with Crippen LogP contribution in [-0.4, -0.2) is 19.9 Å². The molecule has 0 atom stereocenters. The predicted octanol–water partition coefficient (Wildman–Crippen LogP) is 2.50. The van der Waals surface area contributed by atoms with Crippen molar-refractivity contribution in [3.63, 3.8) is 0 Å². The lowest BCUT2D eigenvalue weighted by atomic mass is 10.1. The zero-order chi connectivity index (χ0) is 16.5. The van der Waals surface area contributed by atoms with Gasteiger partial charge in [-0.25, -0.2) is 4.79 Å². The van der Waals surface area contributed by atoms with Crippen molar-refractivity contribution in [3.05, 3.63) is 64.7 Å². The zero-order valence-electron chi connectivity index (χ0n) is 12.7. The van der Waals surface area contributed by atoms with E-state index in [1.807, 2.05) is 31.2 Å². The third-order valence-corrected chi connectivity index (χ3v) is 3.40. The number of hydrogen-bond donors (Lipinski definition) is 0. The summed E-state index contributed by atoms with van der Waals surface area (Å²) < 4.78 is 16.5. The fourth-order valence-electron chi connectivity index (χ4n) is 2.17. The van der Waals surface area contributed by atoms with E-state index >= 15 is 0 Å². The van der Waals surface area contributed by atoms with Gasteiger partial charge in [0.15, 0.2) is 5.76 Å². The minimum atomic E-state index is -0.628. The topological polar surface area (TPSA) is 100 Å². The lowest BCUT2D eigenvalue weighted by molar-refractivity contribution is 0.360. The van der Waals surface area contributed by atoms with Crippen LogP contribution in [0.25, 0.3) is 23.0 Å². The quantitative estimate of drug-likeness (QED) is 0.568. The molecule has 0 saturated heterocycles. The molecule has 0 unspecified atom stereocenters. The molecule has 3 aromatic heterocycles. The van der Waals surface area contributed by atoms with E-state index in [0.717, 1.165) is 15.8 Å². The normalized spacial score (nSPS) is 11.0. The van der Waals surface area contributed by atoms with Crippen LogP contribution in [0.2, 0.25) is 0 Å². The van der Waals surface area contributed by atoms with E-state index in [9.17, 15) is 4.79 Å². The SMILES string of the molecule is Cc1ccc(-c2noc(Cn3nc(-c4ccco4)oc3=O)n2)cc1. The fraction of sp³-hybridized carbons (Fsp3) is 0.125. The number of aromatic nitrogens is 4. The first kappa shape index (κ1) is 14.2. The van der Waals surface area contributed by atoms with E-state index < -0.39 is 5.76 Å². The monoisotopic (exact) mass is 324 g/mol. The molecular formula is C16H12N4O4. The van der Waals surface area contributed by atoms with Crippen LogP contribution in [0.1, 0.15) is 11.5 Å². The molecule has 4 aromatic rings. The van der Waals surface area contributed by atoms with Crippen LogP contribution in [0.5, 0.6) is 0 Å². The summed E-state index contributed by atoms with van der Waals surface area (Å²) in [6, 6.07) is 11.1. The fourth-order valence-corrected chi connectivity index (χ4v) is 2.17. The Morgan fingerprint density at radius 1 is 1.17 bits per heavy atom. The average molecular weight is 324 g/mol. The summed E-state index contributed by atoms with van der Waals surface area (Å²) >= 11 is 0. The number of benzene rings is 1. The van der Waals surface area contributed by atoms with Gasteiger partial charge in [0, 0.05) is 5.56 Å². The van der Waals surface area contributed by atoms with Gasteiger partial charge in [0.1, 0.15) is 6.54 Å². The molecule has 0 radical (unpaired) electrons. The minimum Gasteiger partial charge on any atom is -0.459 e. The molecule has 0 aliphatic rings. The van der Waals surface area contributed by atoms with Gasteiger partial charge in [0.05, 0.1) is 6.26 Å². The minimum absolute atomic E-state index is 0.0158. The van der Waals surface area contributed by atoms with E-state index in [2.05, 4.69) is 15.2 Å². The number of furan rings is 1. The van der Waals surface area contributed by atoms with Crippen molar-refractivity contribution in [3.8, 4) is 23.0 Å². The standard InChI is InChI=1S/C16H12N4O4/c1-10-4-6-11(7-5-10)14-17-13(24-19-14)9-20-16(21)23-15(18-20)12-3-2-8-22-12/h2-8H,9H2,1H3. The summed E-state index contributed by atoms with van der Waals surface area (Å²) in [5.41, 5.74) is 1.97. The Bertz CT molecular complexity index is 1010. The summed E-state index contributed by atoms with van der Waals surface area (Å²) in [5.74, 6) is 0.552. The first-order chi connectivity index (χ1) is 11.7. The maximum atomic E-state index is 11.9. The van der Waals surface area contributed by atoms with Crippen molar-refractivity contribution in [2.75, 3.05) is 0 Å². The van der Waals surface area contributed by atoms with Crippen LogP contribution >= 0.6 is 0 Å². The van der Waals surface area contributed by atoms with Crippen LogP contribution in [0.4, 0.5) is 0 Å². The smallest absolute Gasteiger partial charge is 0.437 e. The zero-order valence-corrected chi connectivity index (χ0v) is 12.7. The van der Waals surface area contributed by atoms with E-state index in [-0.39, 0.29) is 18.3 Å². The summed E-state index contributed by atoms with van der Waals surface area (Å²) in [6.45, 7) is 2.01. The predicted molar refractivity (Wildman–Crippen MR) is 82.0 cm³/mol.